The van der Waals surface area contributed by atoms with Crippen LogP contribution in [0, 0.1) is 5.92 Å². The first-order valence-electron chi connectivity index (χ1n) is 8.28. The van der Waals surface area contributed by atoms with Gasteiger partial charge < -0.3 is 9.84 Å². The first-order valence-corrected chi connectivity index (χ1v) is 9.89. The van der Waals surface area contributed by atoms with Crippen molar-refractivity contribution >= 4 is 22.1 Å². The smallest absolute Gasteiger partial charge is 0.308 e. The van der Waals surface area contributed by atoms with Gasteiger partial charge >= 0.3 is 11.9 Å². The standard InChI is InChI=1S/C19H18O7S/c20-18(9-12(19(21)22)11-27(23,24)25)26-10-17-15-7-3-1-5-13(15)14-6-2-4-8-16(14)17/h1-8,12,17H,9-11H2,(H,21,22)(H,23,24,25)/t12-/m0/s1. The summed E-state index contributed by atoms with van der Waals surface area (Å²) >= 11 is 0. The highest BCUT2D eigenvalue weighted by Crippen LogP contribution is 2.44. The summed E-state index contributed by atoms with van der Waals surface area (Å²) in [6.07, 6.45) is -0.634. The zero-order valence-corrected chi connectivity index (χ0v) is 15.1. The molecule has 1 atom stereocenters. The third-order valence-corrected chi connectivity index (χ3v) is 5.37. The van der Waals surface area contributed by atoms with Crippen LogP contribution in [0.15, 0.2) is 48.5 Å². The second-order valence-electron chi connectivity index (χ2n) is 6.40. The zero-order valence-electron chi connectivity index (χ0n) is 14.2. The maximum Gasteiger partial charge on any atom is 0.308 e. The number of carboxylic acid groups (broad SMARTS) is 1. The summed E-state index contributed by atoms with van der Waals surface area (Å²) in [6, 6.07) is 15.5. The Kier molecular flexibility index (Phi) is 5.29. The summed E-state index contributed by atoms with van der Waals surface area (Å²) in [5, 5.41) is 9.04. The number of aliphatic carboxylic acids is 1. The van der Waals surface area contributed by atoms with E-state index in [0.717, 1.165) is 22.3 Å². The monoisotopic (exact) mass is 390 g/mol. The number of carbonyl (C=O) groups excluding carboxylic acids is 1. The van der Waals surface area contributed by atoms with E-state index in [-0.39, 0.29) is 12.5 Å². The van der Waals surface area contributed by atoms with Gasteiger partial charge in [0.1, 0.15) is 6.61 Å². The van der Waals surface area contributed by atoms with E-state index in [1.54, 1.807) is 0 Å². The van der Waals surface area contributed by atoms with E-state index in [9.17, 15) is 18.0 Å². The quantitative estimate of drug-likeness (QED) is 0.550. The molecule has 0 spiro atoms. The maximum absolute atomic E-state index is 12.1. The molecule has 0 heterocycles. The number of rotatable bonds is 7. The summed E-state index contributed by atoms with van der Waals surface area (Å²) < 4.78 is 35.9. The number of ether oxygens (including phenoxy) is 1. The Labute approximate surface area is 156 Å². The van der Waals surface area contributed by atoms with Crippen LogP contribution in [0.2, 0.25) is 0 Å². The highest BCUT2D eigenvalue weighted by Gasteiger charge is 2.31. The van der Waals surface area contributed by atoms with Crippen LogP contribution in [-0.2, 0) is 24.4 Å². The number of esters is 1. The molecule has 0 saturated carbocycles. The molecular formula is C19H18O7S. The number of carboxylic acids is 1. The second-order valence-corrected chi connectivity index (χ2v) is 7.90. The van der Waals surface area contributed by atoms with E-state index >= 15 is 0 Å². The van der Waals surface area contributed by atoms with E-state index in [4.69, 9.17) is 14.4 Å². The number of fused-ring (bicyclic) bond motifs is 3. The van der Waals surface area contributed by atoms with Gasteiger partial charge in [-0.1, -0.05) is 48.5 Å². The van der Waals surface area contributed by atoms with Crippen LogP contribution in [0.4, 0.5) is 0 Å². The summed E-state index contributed by atoms with van der Waals surface area (Å²) in [5.41, 5.74) is 4.14. The molecule has 7 nitrogen and oxygen atoms in total. The molecule has 1 aliphatic carbocycles. The summed E-state index contributed by atoms with van der Waals surface area (Å²) in [5.74, 6) is -5.08. The van der Waals surface area contributed by atoms with Crippen molar-refractivity contribution in [2.24, 2.45) is 5.92 Å². The Hall–Kier alpha value is -2.71. The molecule has 0 fully saturated rings. The normalized spacial score (nSPS) is 14.3. The molecule has 1 aliphatic rings. The van der Waals surface area contributed by atoms with Gasteiger partial charge in [0.05, 0.1) is 18.1 Å². The molecule has 3 rings (SSSR count). The molecule has 142 valence electrons. The molecule has 0 aromatic heterocycles. The van der Waals surface area contributed by atoms with Gasteiger partial charge in [0, 0.05) is 5.92 Å². The third kappa shape index (κ3) is 4.35. The first kappa shape index (κ1) is 19.1. The van der Waals surface area contributed by atoms with Crippen molar-refractivity contribution in [3.05, 3.63) is 59.7 Å². The second kappa shape index (κ2) is 7.50. The van der Waals surface area contributed by atoms with Crippen molar-refractivity contribution in [2.45, 2.75) is 12.3 Å². The predicted octanol–water partition coefficient (Wildman–Crippen LogP) is 2.32. The number of hydrogen-bond acceptors (Lipinski definition) is 5. The Balaban J connectivity index is 1.71. The van der Waals surface area contributed by atoms with Gasteiger partial charge in [0.25, 0.3) is 10.1 Å². The van der Waals surface area contributed by atoms with Crippen molar-refractivity contribution in [1.82, 2.24) is 0 Å². The molecule has 27 heavy (non-hydrogen) atoms. The molecule has 0 aliphatic heterocycles. The molecule has 0 amide bonds. The van der Waals surface area contributed by atoms with Crippen LogP contribution in [0.1, 0.15) is 23.5 Å². The Morgan fingerprint density at radius 1 is 1.00 bits per heavy atom. The van der Waals surface area contributed by atoms with E-state index in [2.05, 4.69) is 0 Å². The summed E-state index contributed by atoms with van der Waals surface area (Å²) in [4.78, 5) is 23.2. The number of carbonyl (C=O) groups is 2. The lowest BCUT2D eigenvalue weighted by Crippen LogP contribution is -2.27. The van der Waals surface area contributed by atoms with Gasteiger partial charge in [0.2, 0.25) is 0 Å². The molecular weight excluding hydrogens is 372 g/mol. The molecule has 8 heteroatoms. The topological polar surface area (TPSA) is 118 Å². The first-order chi connectivity index (χ1) is 12.8. The van der Waals surface area contributed by atoms with E-state index in [1.165, 1.54) is 0 Å². The largest absolute Gasteiger partial charge is 0.481 e. The van der Waals surface area contributed by atoms with Crippen LogP contribution < -0.4 is 0 Å². The van der Waals surface area contributed by atoms with Crippen LogP contribution >= 0.6 is 0 Å². The van der Waals surface area contributed by atoms with Gasteiger partial charge in [-0.25, -0.2) is 0 Å². The predicted molar refractivity (Wildman–Crippen MR) is 96.8 cm³/mol. The number of benzene rings is 2. The Morgan fingerprint density at radius 2 is 1.52 bits per heavy atom. The zero-order chi connectivity index (χ0) is 19.6. The summed E-state index contributed by atoms with van der Waals surface area (Å²) in [7, 11) is -4.51. The SMILES string of the molecule is O=C(C[C@@H](CS(=O)(=O)O)C(=O)O)OCC1c2ccccc2-c2ccccc21. The lowest BCUT2D eigenvalue weighted by Gasteiger charge is -2.15. The van der Waals surface area contributed by atoms with Crippen LogP contribution in [0.3, 0.4) is 0 Å². The van der Waals surface area contributed by atoms with Crippen LogP contribution in [0.25, 0.3) is 11.1 Å². The lowest BCUT2D eigenvalue weighted by molar-refractivity contribution is -0.151. The van der Waals surface area contributed by atoms with Crippen molar-refractivity contribution in [2.75, 3.05) is 12.4 Å². The van der Waals surface area contributed by atoms with E-state index < -0.39 is 40.1 Å². The molecule has 2 N–H and O–H groups in total. The molecule has 2 aromatic rings. The van der Waals surface area contributed by atoms with Gasteiger partial charge in [-0.15, -0.1) is 0 Å². The average molecular weight is 390 g/mol. The molecule has 0 bridgehead atoms. The summed E-state index contributed by atoms with van der Waals surface area (Å²) in [6.45, 7) is 0.0189. The molecule has 0 unspecified atom stereocenters. The third-order valence-electron chi connectivity index (χ3n) is 4.55. The maximum atomic E-state index is 12.1. The van der Waals surface area contributed by atoms with Crippen molar-refractivity contribution < 1.29 is 32.4 Å². The van der Waals surface area contributed by atoms with Crippen LogP contribution in [-0.4, -0.2) is 42.4 Å². The minimum Gasteiger partial charge on any atom is -0.481 e. The van der Waals surface area contributed by atoms with Crippen molar-refractivity contribution in [3.8, 4) is 11.1 Å². The highest BCUT2D eigenvalue weighted by atomic mass is 32.2. The van der Waals surface area contributed by atoms with Crippen LogP contribution in [0.5, 0.6) is 0 Å². The molecule has 2 aromatic carbocycles. The van der Waals surface area contributed by atoms with E-state index in [0.29, 0.717) is 0 Å². The van der Waals surface area contributed by atoms with E-state index in [1.807, 2.05) is 48.5 Å². The minimum absolute atomic E-state index is 0.0189. The Morgan fingerprint density at radius 3 is 2.00 bits per heavy atom. The lowest BCUT2D eigenvalue weighted by atomic mass is 9.98. The minimum atomic E-state index is -4.51. The van der Waals surface area contributed by atoms with Gasteiger partial charge in [-0.3, -0.25) is 14.1 Å². The van der Waals surface area contributed by atoms with Gasteiger partial charge in [-0.2, -0.15) is 8.42 Å². The number of hydrogen-bond donors (Lipinski definition) is 2. The van der Waals surface area contributed by atoms with Crippen molar-refractivity contribution in [3.63, 3.8) is 0 Å². The fourth-order valence-electron chi connectivity index (χ4n) is 3.35. The Bertz CT molecular complexity index is 936. The van der Waals surface area contributed by atoms with Gasteiger partial charge in [-0.05, 0) is 22.3 Å². The fraction of sp³-hybridized carbons (Fsp3) is 0.263. The fourth-order valence-corrected chi connectivity index (χ4v) is 4.12. The molecule has 0 saturated heterocycles. The van der Waals surface area contributed by atoms with Crippen molar-refractivity contribution in [1.29, 1.82) is 0 Å². The van der Waals surface area contributed by atoms with Gasteiger partial charge in [0.15, 0.2) is 0 Å². The average Bonchev–Trinajstić information content (AvgIpc) is 2.92. The molecule has 0 radical (unpaired) electrons. The highest BCUT2D eigenvalue weighted by molar-refractivity contribution is 7.85.